The standard InChI is InChI=1S/C23H27N5O3S/c1-31-19-9-5-2-6-16(19)14-24-20(29)15-10-12-27(13-11-15)23-26-28-21(30)17-7-3-4-8-18(17)25-22(28)32-23/h2,5-6,9,15H,3-4,7-8,10-14H2,1H3,(H,24,29). The number of hydrogen-bond acceptors (Lipinski definition) is 7. The van der Waals surface area contributed by atoms with Crippen LogP contribution in [0.3, 0.4) is 0 Å². The van der Waals surface area contributed by atoms with E-state index < -0.39 is 0 Å². The first-order valence-electron chi connectivity index (χ1n) is 11.2. The molecule has 0 bridgehead atoms. The number of para-hydroxylation sites is 1. The average Bonchev–Trinajstić information content (AvgIpc) is 3.27. The third kappa shape index (κ3) is 3.97. The molecule has 0 saturated carbocycles. The molecule has 1 saturated heterocycles. The number of carbonyl (C=O) groups is 1. The number of aromatic nitrogens is 3. The van der Waals surface area contributed by atoms with Crippen LogP contribution in [0.5, 0.6) is 5.75 Å². The van der Waals surface area contributed by atoms with Crippen LogP contribution in [0.4, 0.5) is 5.13 Å². The second-order valence-electron chi connectivity index (χ2n) is 8.42. The Morgan fingerprint density at radius 1 is 1.22 bits per heavy atom. The first kappa shape index (κ1) is 20.9. The lowest BCUT2D eigenvalue weighted by molar-refractivity contribution is -0.125. The van der Waals surface area contributed by atoms with Crippen molar-refractivity contribution in [1.29, 1.82) is 0 Å². The van der Waals surface area contributed by atoms with Crippen LogP contribution in [0.15, 0.2) is 29.1 Å². The lowest BCUT2D eigenvalue weighted by Crippen LogP contribution is -2.40. The summed E-state index contributed by atoms with van der Waals surface area (Å²) in [6, 6.07) is 7.72. The molecule has 8 nitrogen and oxygen atoms in total. The molecule has 2 aromatic heterocycles. The molecule has 32 heavy (non-hydrogen) atoms. The quantitative estimate of drug-likeness (QED) is 0.639. The minimum absolute atomic E-state index is 0.0159. The molecule has 168 valence electrons. The van der Waals surface area contributed by atoms with Gasteiger partial charge in [0.25, 0.3) is 5.56 Å². The summed E-state index contributed by atoms with van der Waals surface area (Å²) in [5.41, 5.74) is 2.73. The molecule has 1 aromatic carbocycles. The highest BCUT2D eigenvalue weighted by Gasteiger charge is 2.27. The van der Waals surface area contributed by atoms with Gasteiger partial charge in [0, 0.05) is 36.7 Å². The number of hydrogen-bond donors (Lipinski definition) is 1. The van der Waals surface area contributed by atoms with E-state index in [2.05, 4.69) is 15.3 Å². The fourth-order valence-corrected chi connectivity index (χ4v) is 5.56. The number of amides is 1. The number of fused-ring (bicyclic) bond motifs is 2. The highest BCUT2D eigenvalue weighted by Crippen LogP contribution is 2.28. The molecule has 2 aliphatic rings. The van der Waals surface area contributed by atoms with Crippen LogP contribution in [0.1, 0.15) is 42.5 Å². The van der Waals surface area contributed by atoms with Crippen molar-refractivity contribution < 1.29 is 9.53 Å². The molecule has 1 amide bonds. The van der Waals surface area contributed by atoms with E-state index >= 15 is 0 Å². The van der Waals surface area contributed by atoms with Crippen LogP contribution < -0.4 is 20.5 Å². The number of piperidine rings is 1. The zero-order chi connectivity index (χ0) is 22.1. The average molecular weight is 454 g/mol. The van der Waals surface area contributed by atoms with Gasteiger partial charge in [0.2, 0.25) is 16.0 Å². The molecule has 3 aromatic rings. The van der Waals surface area contributed by atoms with Crippen molar-refractivity contribution in [2.24, 2.45) is 5.92 Å². The Hall–Kier alpha value is -2.94. The molecule has 0 unspecified atom stereocenters. The van der Waals surface area contributed by atoms with Crippen molar-refractivity contribution in [2.45, 2.75) is 45.1 Å². The van der Waals surface area contributed by atoms with Gasteiger partial charge in [0.15, 0.2) is 0 Å². The van der Waals surface area contributed by atoms with Gasteiger partial charge in [-0.15, -0.1) is 5.10 Å². The molecular formula is C23H27N5O3S. The van der Waals surface area contributed by atoms with Crippen LogP contribution >= 0.6 is 11.3 Å². The third-order valence-electron chi connectivity index (χ3n) is 6.45. The topological polar surface area (TPSA) is 88.8 Å². The molecule has 1 fully saturated rings. The number of methoxy groups -OCH3 is 1. The summed E-state index contributed by atoms with van der Waals surface area (Å²) in [4.78, 5) is 33.1. The molecule has 0 spiro atoms. The summed E-state index contributed by atoms with van der Waals surface area (Å²) in [5.74, 6) is 0.831. The van der Waals surface area contributed by atoms with Gasteiger partial charge >= 0.3 is 0 Å². The lowest BCUT2D eigenvalue weighted by Gasteiger charge is -2.30. The number of ether oxygens (including phenoxy) is 1. The highest BCUT2D eigenvalue weighted by atomic mass is 32.1. The summed E-state index contributed by atoms with van der Waals surface area (Å²) in [7, 11) is 1.64. The number of nitrogens with one attached hydrogen (secondary N) is 1. The van der Waals surface area contributed by atoms with Crippen molar-refractivity contribution in [3.63, 3.8) is 0 Å². The van der Waals surface area contributed by atoms with Gasteiger partial charge in [-0.25, -0.2) is 4.98 Å². The lowest BCUT2D eigenvalue weighted by atomic mass is 9.96. The molecule has 1 aliphatic carbocycles. The minimum Gasteiger partial charge on any atom is -0.496 e. The van der Waals surface area contributed by atoms with Gasteiger partial charge < -0.3 is 15.0 Å². The number of benzene rings is 1. The van der Waals surface area contributed by atoms with E-state index in [4.69, 9.17) is 9.72 Å². The van der Waals surface area contributed by atoms with E-state index in [1.165, 1.54) is 15.9 Å². The van der Waals surface area contributed by atoms with Crippen molar-refractivity contribution in [1.82, 2.24) is 19.9 Å². The molecule has 0 radical (unpaired) electrons. The molecule has 0 atom stereocenters. The third-order valence-corrected chi connectivity index (χ3v) is 7.42. The molecule has 1 N–H and O–H groups in total. The smallest absolute Gasteiger partial charge is 0.278 e. The van der Waals surface area contributed by atoms with Crippen LogP contribution in [0.25, 0.3) is 4.96 Å². The molecular weight excluding hydrogens is 426 g/mol. The zero-order valence-corrected chi connectivity index (χ0v) is 19.0. The molecule has 1 aliphatic heterocycles. The summed E-state index contributed by atoms with van der Waals surface area (Å²) in [6.45, 7) is 1.93. The first-order chi connectivity index (χ1) is 15.6. The SMILES string of the molecule is COc1ccccc1CNC(=O)C1CCN(c2nn3c(=O)c4c(nc3s2)CCCC4)CC1. The fraction of sp³-hybridized carbons (Fsp3) is 0.478. The van der Waals surface area contributed by atoms with E-state index in [0.29, 0.717) is 11.5 Å². The maximum absolute atomic E-state index is 12.8. The van der Waals surface area contributed by atoms with E-state index in [1.807, 2.05) is 24.3 Å². The predicted molar refractivity (Wildman–Crippen MR) is 124 cm³/mol. The normalized spacial score (nSPS) is 16.7. The molecule has 5 rings (SSSR count). The van der Waals surface area contributed by atoms with Crippen molar-refractivity contribution in [3.8, 4) is 5.75 Å². The van der Waals surface area contributed by atoms with Crippen LogP contribution in [0.2, 0.25) is 0 Å². The Bertz CT molecular complexity index is 1200. The van der Waals surface area contributed by atoms with Gasteiger partial charge in [-0.05, 0) is 44.6 Å². The van der Waals surface area contributed by atoms with Gasteiger partial charge in [-0.1, -0.05) is 29.5 Å². The van der Waals surface area contributed by atoms with Crippen molar-refractivity contribution >= 4 is 27.3 Å². The summed E-state index contributed by atoms with van der Waals surface area (Å²) in [6.07, 6.45) is 5.32. The Balaban J connectivity index is 1.23. The van der Waals surface area contributed by atoms with Gasteiger partial charge in [0.1, 0.15) is 5.75 Å². The second-order valence-corrected chi connectivity index (χ2v) is 9.35. The highest BCUT2D eigenvalue weighted by molar-refractivity contribution is 7.20. The maximum Gasteiger partial charge on any atom is 0.278 e. The Morgan fingerprint density at radius 2 is 2.00 bits per heavy atom. The van der Waals surface area contributed by atoms with Crippen LogP contribution in [-0.2, 0) is 24.2 Å². The van der Waals surface area contributed by atoms with E-state index in [-0.39, 0.29) is 17.4 Å². The van der Waals surface area contributed by atoms with Crippen LogP contribution in [0, 0.1) is 5.92 Å². The van der Waals surface area contributed by atoms with E-state index in [9.17, 15) is 9.59 Å². The van der Waals surface area contributed by atoms with Gasteiger partial charge in [-0.3, -0.25) is 9.59 Å². The molecule has 3 heterocycles. The number of anilines is 1. The minimum atomic E-state index is -0.0245. The second kappa shape index (κ2) is 8.90. The summed E-state index contributed by atoms with van der Waals surface area (Å²) < 4.78 is 6.83. The van der Waals surface area contributed by atoms with Crippen molar-refractivity contribution in [3.05, 3.63) is 51.4 Å². The van der Waals surface area contributed by atoms with Crippen molar-refractivity contribution in [2.75, 3.05) is 25.1 Å². The zero-order valence-electron chi connectivity index (χ0n) is 18.2. The predicted octanol–water partition coefficient (Wildman–Crippen LogP) is 2.57. The largest absolute Gasteiger partial charge is 0.496 e. The first-order valence-corrected chi connectivity index (χ1v) is 12.0. The van der Waals surface area contributed by atoms with Crippen LogP contribution in [-0.4, -0.2) is 40.7 Å². The van der Waals surface area contributed by atoms with Gasteiger partial charge in [0.05, 0.1) is 12.8 Å². The summed E-state index contributed by atoms with van der Waals surface area (Å²) in [5, 5.41) is 8.44. The van der Waals surface area contributed by atoms with Gasteiger partial charge in [-0.2, -0.15) is 4.52 Å². The Kier molecular flexibility index (Phi) is 5.82. The maximum atomic E-state index is 12.8. The van der Waals surface area contributed by atoms with E-state index in [0.717, 1.165) is 79.3 Å². The monoisotopic (exact) mass is 453 g/mol. The number of rotatable bonds is 5. The number of nitrogens with zero attached hydrogens (tertiary/aromatic N) is 4. The fourth-order valence-electron chi connectivity index (χ4n) is 4.60. The molecule has 9 heteroatoms. The summed E-state index contributed by atoms with van der Waals surface area (Å²) >= 11 is 1.46. The van der Waals surface area contributed by atoms with E-state index in [1.54, 1.807) is 7.11 Å². The Morgan fingerprint density at radius 3 is 2.81 bits per heavy atom. The Labute approximate surface area is 190 Å². The number of aryl methyl sites for hydroxylation is 1. The number of carbonyl (C=O) groups excluding carboxylic acids is 1.